The molecule has 0 heterocycles. The number of hydrogen-bond acceptors (Lipinski definition) is 2. The van der Waals surface area contributed by atoms with E-state index in [1.165, 1.54) is 12.5 Å². The first-order valence-electron chi connectivity index (χ1n) is 7.39. The van der Waals surface area contributed by atoms with Gasteiger partial charge in [0.05, 0.1) is 0 Å². The van der Waals surface area contributed by atoms with E-state index in [9.17, 15) is 10.1 Å². The summed E-state index contributed by atoms with van der Waals surface area (Å²) in [5.74, 6) is 0.101. The highest BCUT2D eigenvalue weighted by molar-refractivity contribution is 6.35. The molecule has 0 aliphatic heterocycles. The number of carbonyl (C=O) groups excluding carboxylic acids is 1. The largest absolute Gasteiger partial charge is 0.348 e. The summed E-state index contributed by atoms with van der Waals surface area (Å²) >= 11 is 11.9. The molecule has 116 valence electrons. The third kappa shape index (κ3) is 4.25. The maximum Gasteiger partial charge on any atom is 0.262 e. The molecule has 1 N–H and O–H groups in total. The van der Waals surface area contributed by atoms with Gasteiger partial charge in [-0.1, -0.05) is 49.0 Å². The second-order valence-corrected chi connectivity index (χ2v) is 6.52. The topological polar surface area (TPSA) is 52.9 Å². The summed E-state index contributed by atoms with van der Waals surface area (Å²) in [6.07, 6.45) is 5.90. The maximum absolute atomic E-state index is 12.3. The molecular weight excluding hydrogens is 319 g/mol. The molecule has 1 amide bonds. The Hall–Kier alpha value is -1.50. The first-order chi connectivity index (χ1) is 10.5. The normalized spacial score (nSPS) is 22.0. The predicted molar refractivity (Wildman–Crippen MR) is 89.6 cm³/mol. The van der Waals surface area contributed by atoms with Crippen molar-refractivity contribution < 1.29 is 4.79 Å². The molecule has 1 aromatic carbocycles. The van der Waals surface area contributed by atoms with E-state index in [1.807, 2.05) is 6.07 Å². The highest BCUT2D eigenvalue weighted by Crippen LogP contribution is 2.25. The van der Waals surface area contributed by atoms with Crippen LogP contribution in [0, 0.1) is 17.2 Å². The Labute approximate surface area is 140 Å². The van der Waals surface area contributed by atoms with Gasteiger partial charge in [0.15, 0.2) is 0 Å². The van der Waals surface area contributed by atoms with E-state index in [2.05, 4.69) is 12.2 Å². The Morgan fingerprint density at radius 2 is 2.09 bits per heavy atom. The number of halogens is 2. The van der Waals surface area contributed by atoms with Crippen LogP contribution in [0.5, 0.6) is 0 Å². The van der Waals surface area contributed by atoms with Crippen LogP contribution in [0.4, 0.5) is 0 Å². The van der Waals surface area contributed by atoms with E-state index in [-0.39, 0.29) is 17.5 Å². The van der Waals surface area contributed by atoms with E-state index >= 15 is 0 Å². The average molecular weight is 337 g/mol. The minimum atomic E-state index is -0.340. The van der Waals surface area contributed by atoms with Gasteiger partial charge in [-0.15, -0.1) is 0 Å². The lowest BCUT2D eigenvalue weighted by Crippen LogP contribution is -2.41. The summed E-state index contributed by atoms with van der Waals surface area (Å²) in [6, 6.07) is 7.05. The highest BCUT2D eigenvalue weighted by atomic mass is 35.5. The minimum Gasteiger partial charge on any atom is -0.348 e. The van der Waals surface area contributed by atoms with Gasteiger partial charge in [-0.25, -0.2) is 0 Å². The molecule has 0 bridgehead atoms. The van der Waals surface area contributed by atoms with Gasteiger partial charge in [-0.3, -0.25) is 4.79 Å². The molecule has 2 rings (SSSR count). The molecule has 0 unspecified atom stereocenters. The summed E-state index contributed by atoms with van der Waals surface area (Å²) in [7, 11) is 0. The standard InChI is InChI=1S/C17H18Cl2N2O/c1-11-4-2-3-5-16(11)21-17(22)13(10-20)8-12-6-7-14(18)9-15(12)19/h6-9,11,16H,2-5H2,1H3,(H,21,22)/b13-8+/t11-,16-/m1/s1. The van der Waals surface area contributed by atoms with Crippen molar-refractivity contribution in [2.45, 2.75) is 38.6 Å². The molecule has 22 heavy (non-hydrogen) atoms. The monoisotopic (exact) mass is 336 g/mol. The van der Waals surface area contributed by atoms with Crippen molar-refractivity contribution in [3.05, 3.63) is 39.4 Å². The van der Waals surface area contributed by atoms with Gasteiger partial charge in [0.2, 0.25) is 0 Å². The van der Waals surface area contributed by atoms with E-state index in [1.54, 1.807) is 18.2 Å². The molecule has 1 fully saturated rings. The Balaban J connectivity index is 2.15. The Morgan fingerprint density at radius 3 is 2.73 bits per heavy atom. The molecule has 1 aliphatic rings. The Bertz CT molecular complexity index is 634. The first kappa shape index (κ1) is 16.9. The minimum absolute atomic E-state index is 0.0574. The zero-order valence-corrected chi connectivity index (χ0v) is 13.9. The molecule has 5 heteroatoms. The molecule has 0 spiro atoms. The van der Waals surface area contributed by atoms with Crippen LogP contribution in [0.25, 0.3) is 6.08 Å². The smallest absolute Gasteiger partial charge is 0.262 e. The van der Waals surface area contributed by atoms with E-state index in [0.29, 0.717) is 21.5 Å². The second kappa shape index (κ2) is 7.67. The maximum atomic E-state index is 12.3. The molecule has 0 radical (unpaired) electrons. The predicted octanol–water partition coefficient (Wildman–Crippen LogP) is 4.60. The summed E-state index contributed by atoms with van der Waals surface area (Å²) < 4.78 is 0. The van der Waals surface area contributed by atoms with Crippen LogP contribution in [-0.4, -0.2) is 11.9 Å². The molecule has 1 aromatic rings. The van der Waals surface area contributed by atoms with Crippen LogP contribution in [-0.2, 0) is 4.79 Å². The van der Waals surface area contributed by atoms with Crippen LogP contribution < -0.4 is 5.32 Å². The fourth-order valence-corrected chi connectivity index (χ4v) is 3.16. The van der Waals surface area contributed by atoms with Crippen LogP contribution in [0.15, 0.2) is 23.8 Å². The summed E-state index contributed by atoms with van der Waals surface area (Å²) in [5.41, 5.74) is 0.663. The number of nitrogens with zero attached hydrogens (tertiary/aromatic N) is 1. The zero-order valence-electron chi connectivity index (χ0n) is 12.4. The molecule has 3 nitrogen and oxygen atoms in total. The number of nitriles is 1. The van der Waals surface area contributed by atoms with Gasteiger partial charge in [0.25, 0.3) is 5.91 Å². The van der Waals surface area contributed by atoms with Crippen LogP contribution in [0.3, 0.4) is 0 Å². The number of carbonyl (C=O) groups is 1. The zero-order chi connectivity index (χ0) is 16.1. The molecule has 0 saturated heterocycles. The van der Waals surface area contributed by atoms with E-state index < -0.39 is 0 Å². The third-order valence-electron chi connectivity index (χ3n) is 4.06. The van der Waals surface area contributed by atoms with E-state index in [4.69, 9.17) is 23.2 Å². The number of amides is 1. The quantitative estimate of drug-likeness (QED) is 0.648. The van der Waals surface area contributed by atoms with Gasteiger partial charge < -0.3 is 5.32 Å². The Kier molecular flexibility index (Phi) is 5.88. The average Bonchev–Trinajstić information content (AvgIpc) is 2.49. The van der Waals surface area contributed by atoms with E-state index in [0.717, 1.165) is 19.3 Å². The van der Waals surface area contributed by atoms with Crippen molar-refractivity contribution in [2.24, 2.45) is 5.92 Å². The van der Waals surface area contributed by atoms with Crippen molar-refractivity contribution >= 4 is 35.2 Å². The number of rotatable bonds is 3. The molecule has 1 aliphatic carbocycles. The fraction of sp³-hybridized carbons (Fsp3) is 0.412. The van der Waals surface area contributed by atoms with Gasteiger partial charge in [-0.2, -0.15) is 5.26 Å². The third-order valence-corrected chi connectivity index (χ3v) is 4.62. The summed E-state index contributed by atoms with van der Waals surface area (Å²) in [6.45, 7) is 2.13. The molecule has 1 saturated carbocycles. The summed E-state index contributed by atoms with van der Waals surface area (Å²) in [5, 5.41) is 13.2. The molecule has 2 atom stereocenters. The van der Waals surface area contributed by atoms with Crippen LogP contribution in [0.1, 0.15) is 38.2 Å². The molecular formula is C17H18Cl2N2O. The fourth-order valence-electron chi connectivity index (χ4n) is 2.70. The van der Waals surface area contributed by atoms with Crippen LogP contribution >= 0.6 is 23.2 Å². The van der Waals surface area contributed by atoms with Gasteiger partial charge in [0, 0.05) is 16.1 Å². The SMILES string of the molecule is C[C@@H]1CCCC[C@H]1NC(=O)/C(C#N)=C/c1ccc(Cl)cc1Cl. The van der Waals surface area contributed by atoms with Gasteiger partial charge in [-0.05, 0) is 42.5 Å². The number of hydrogen-bond donors (Lipinski definition) is 1. The lowest BCUT2D eigenvalue weighted by atomic mass is 9.86. The van der Waals surface area contributed by atoms with Crippen molar-refractivity contribution in [3.63, 3.8) is 0 Å². The van der Waals surface area contributed by atoms with Crippen molar-refractivity contribution in [2.75, 3.05) is 0 Å². The number of benzene rings is 1. The van der Waals surface area contributed by atoms with Crippen molar-refractivity contribution in [3.8, 4) is 6.07 Å². The molecule has 0 aromatic heterocycles. The summed E-state index contributed by atoms with van der Waals surface area (Å²) in [4.78, 5) is 12.3. The highest BCUT2D eigenvalue weighted by Gasteiger charge is 2.24. The number of nitrogens with one attached hydrogen (secondary N) is 1. The Morgan fingerprint density at radius 1 is 1.36 bits per heavy atom. The second-order valence-electron chi connectivity index (χ2n) is 5.68. The van der Waals surface area contributed by atoms with Crippen molar-refractivity contribution in [1.29, 1.82) is 5.26 Å². The lowest BCUT2D eigenvalue weighted by molar-refractivity contribution is -0.118. The first-order valence-corrected chi connectivity index (χ1v) is 8.14. The lowest BCUT2D eigenvalue weighted by Gasteiger charge is -2.29. The van der Waals surface area contributed by atoms with Gasteiger partial charge in [0.1, 0.15) is 11.6 Å². The van der Waals surface area contributed by atoms with Crippen LogP contribution in [0.2, 0.25) is 10.0 Å². The van der Waals surface area contributed by atoms with Gasteiger partial charge >= 0.3 is 0 Å². The van der Waals surface area contributed by atoms with Crippen molar-refractivity contribution in [1.82, 2.24) is 5.32 Å².